The van der Waals surface area contributed by atoms with Crippen molar-refractivity contribution in [3.05, 3.63) is 57.3 Å². The van der Waals surface area contributed by atoms with Gasteiger partial charge in [0.2, 0.25) is 0 Å². The molecule has 0 aliphatic carbocycles. The standard InChI is InChI=1S/C14H15F2NS/c1-9-7-18-8-12(9)6-17-10(2)11-3-4-13(15)14(16)5-11/h3-5,7-8,10,17H,6H2,1-2H3. The van der Waals surface area contributed by atoms with Crippen molar-refractivity contribution < 1.29 is 8.78 Å². The van der Waals surface area contributed by atoms with E-state index >= 15 is 0 Å². The molecule has 1 heterocycles. The van der Waals surface area contributed by atoms with E-state index in [-0.39, 0.29) is 6.04 Å². The second-order valence-electron chi connectivity index (χ2n) is 4.36. The van der Waals surface area contributed by atoms with E-state index in [9.17, 15) is 8.78 Å². The van der Waals surface area contributed by atoms with Crippen LogP contribution in [0, 0.1) is 18.6 Å². The van der Waals surface area contributed by atoms with Crippen molar-refractivity contribution in [2.24, 2.45) is 0 Å². The van der Waals surface area contributed by atoms with Crippen LogP contribution in [0.4, 0.5) is 8.78 Å². The summed E-state index contributed by atoms with van der Waals surface area (Å²) in [6.07, 6.45) is 0. The Kier molecular flexibility index (Phi) is 4.09. The van der Waals surface area contributed by atoms with Gasteiger partial charge in [0, 0.05) is 12.6 Å². The van der Waals surface area contributed by atoms with E-state index in [2.05, 4.69) is 23.0 Å². The Labute approximate surface area is 109 Å². The molecule has 0 saturated heterocycles. The van der Waals surface area contributed by atoms with Gasteiger partial charge in [-0.1, -0.05) is 6.07 Å². The van der Waals surface area contributed by atoms with Crippen LogP contribution in [0.15, 0.2) is 29.0 Å². The third kappa shape index (κ3) is 2.94. The topological polar surface area (TPSA) is 12.0 Å². The molecule has 0 aliphatic heterocycles. The van der Waals surface area contributed by atoms with Gasteiger partial charge in [0.1, 0.15) is 0 Å². The van der Waals surface area contributed by atoms with Crippen LogP contribution in [0.1, 0.15) is 29.7 Å². The molecule has 2 rings (SSSR count). The van der Waals surface area contributed by atoms with E-state index in [1.807, 2.05) is 6.92 Å². The Balaban J connectivity index is 2.01. The highest BCUT2D eigenvalue weighted by molar-refractivity contribution is 7.08. The number of aryl methyl sites for hydroxylation is 1. The van der Waals surface area contributed by atoms with Crippen molar-refractivity contribution in [1.29, 1.82) is 0 Å². The van der Waals surface area contributed by atoms with Gasteiger partial charge in [0.15, 0.2) is 11.6 Å². The number of rotatable bonds is 4. The minimum absolute atomic E-state index is 0.0144. The Morgan fingerprint density at radius 3 is 2.61 bits per heavy atom. The fourth-order valence-corrected chi connectivity index (χ4v) is 2.59. The van der Waals surface area contributed by atoms with Crippen LogP contribution in [-0.2, 0) is 6.54 Å². The highest BCUT2D eigenvalue weighted by atomic mass is 32.1. The van der Waals surface area contributed by atoms with Crippen LogP contribution in [0.3, 0.4) is 0 Å². The first kappa shape index (κ1) is 13.2. The maximum Gasteiger partial charge on any atom is 0.159 e. The van der Waals surface area contributed by atoms with Crippen molar-refractivity contribution in [1.82, 2.24) is 5.32 Å². The van der Waals surface area contributed by atoms with Crippen LogP contribution >= 0.6 is 11.3 Å². The number of hydrogen-bond acceptors (Lipinski definition) is 2. The first-order chi connectivity index (χ1) is 8.58. The Morgan fingerprint density at radius 1 is 1.22 bits per heavy atom. The van der Waals surface area contributed by atoms with Crippen LogP contribution in [0.5, 0.6) is 0 Å². The minimum Gasteiger partial charge on any atom is -0.306 e. The zero-order valence-electron chi connectivity index (χ0n) is 10.3. The Morgan fingerprint density at radius 2 is 2.00 bits per heavy atom. The molecule has 0 saturated carbocycles. The van der Waals surface area contributed by atoms with Gasteiger partial charge < -0.3 is 5.32 Å². The first-order valence-electron chi connectivity index (χ1n) is 5.78. The van der Waals surface area contributed by atoms with E-state index in [4.69, 9.17) is 0 Å². The summed E-state index contributed by atoms with van der Waals surface area (Å²) in [7, 11) is 0. The van der Waals surface area contributed by atoms with Gasteiger partial charge in [-0.2, -0.15) is 11.3 Å². The molecule has 0 aliphatic rings. The molecule has 0 radical (unpaired) electrons. The molecule has 0 fully saturated rings. The Bertz CT molecular complexity index is 536. The quantitative estimate of drug-likeness (QED) is 0.876. The molecule has 2 aromatic rings. The van der Waals surface area contributed by atoms with Crippen molar-refractivity contribution in [3.8, 4) is 0 Å². The zero-order valence-corrected chi connectivity index (χ0v) is 11.2. The summed E-state index contributed by atoms with van der Waals surface area (Å²) in [6, 6.07) is 4.00. The molecule has 1 aromatic carbocycles. The maximum absolute atomic E-state index is 13.1. The number of hydrogen-bond donors (Lipinski definition) is 1. The summed E-state index contributed by atoms with van der Waals surface area (Å²) < 4.78 is 25.9. The van der Waals surface area contributed by atoms with Gasteiger partial charge in [-0.25, -0.2) is 8.78 Å². The van der Waals surface area contributed by atoms with Crippen molar-refractivity contribution in [2.45, 2.75) is 26.4 Å². The smallest absolute Gasteiger partial charge is 0.159 e. The lowest BCUT2D eigenvalue weighted by Gasteiger charge is -2.14. The molecule has 1 aromatic heterocycles. The summed E-state index contributed by atoms with van der Waals surface area (Å²) in [5.41, 5.74) is 3.25. The van der Waals surface area contributed by atoms with Crippen LogP contribution in [-0.4, -0.2) is 0 Å². The van der Waals surface area contributed by atoms with Crippen LogP contribution in [0.25, 0.3) is 0 Å². The van der Waals surface area contributed by atoms with Gasteiger partial charge in [-0.3, -0.25) is 0 Å². The van der Waals surface area contributed by atoms with Gasteiger partial charge >= 0.3 is 0 Å². The van der Waals surface area contributed by atoms with E-state index < -0.39 is 11.6 Å². The van der Waals surface area contributed by atoms with Crippen molar-refractivity contribution in [3.63, 3.8) is 0 Å². The van der Waals surface area contributed by atoms with Gasteiger partial charge in [0.05, 0.1) is 0 Å². The zero-order chi connectivity index (χ0) is 13.1. The molecule has 1 N–H and O–H groups in total. The molecular formula is C14H15F2NS. The highest BCUT2D eigenvalue weighted by Gasteiger charge is 2.09. The van der Waals surface area contributed by atoms with Crippen LogP contribution in [0.2, 0.25) is 0 Å². The van der Waals surface area contributed by atoms with Crippen molar-refractivity contribution >= 4 is 11.3 Å². The summed E-state index contributed by atoms with van der Waals surface area (Å²) in [6.45, 7) is 4.74. The van der Waals surface area contributed by atoms with E-state index in [0.29, 0.717) is 0 Å². The molecule has 0 amide bonds. The number of thiophene rings is 1. The summed E-state index contributed by atoms with van der Waals surface area (Å²) in [4.78, 5) is 0. The van der Waals surface area contributed by atoms with Gasteiger partial charge in [-0.05, 0) is 53.4 Å². The average Bonchev–Trinajstić information content (AvgIpc) is 2.75. The lowest BCUT2D eigenvalue weighted by molar-refractivity contribution is 0.500. The molecular weight excluding hydrogens is 252 g/mol. The third-order valence-electron chi connectivity index (χ3n) is 3.00. The predicted octanol–water partition coefficient (Wildman–Crippen LogP) is 4.19. The highest BCUT2D eigenvalue weighted by Crippen LogP contribution is 2.18. The van der Waals surface area contributed by atoms with Crippen LogP contribution < -0.4 is 5.32 Å². The lowest BCUT2D eigenvalue weighted by Crippen LogP contribution is -2.18. The predicted molar refractivity (Wildman–Crippen MR) is 70.7 cm³/mol. The SMILES string of the molecule is Cc1cscc1CNC(C)c1ccc(F)c(F)c1. The summed E-state index contributed by atoms with van der Waals surface area (Å²) in [5, 5.41) is 7.50. The second kappa shape index (κ2) is 5.59. The second-order valence-corrected chi connectivity index (χ2v) is 5.10. The van der Waals surface area contributed by atoms with E-state index in [1.54, 1.807) is 17.4 Å². The number of nitrogens with one attached hydrogen (secondary N) is 1. The molecule has 1 unspecified atom stereocenters. The lowest BCUT2D eigenvalue weighted by atomic mass is 10.1. The molecule has 0 bridgehead atoms. The molecule has 18 heavy (non-hydrogen) atoms. The number of benzene rings is 1. The summed E-state index contributed by atoms with van der Waals surface area (Å²) >= 11 is 1.67. The van der Waals surface area contributed by atoms with Crippen molar-refractivity contribution in [2.75, 3.05) is 0 Å². The minimum atomic E-state index is -0.806. The first-order valence-corrected chi connectivity index (χ1v) is 6.72. The third-order valence-corrected chi connectivity index (χ3v) is 3.91. The largest absolute Gasteiger partial charge is 0.306 e. The molecule has 96 valence electrons. The van der Waals surface area contributed by atoms with Gasteiger partial charge in [-0.15, -0.1) is 0 Å². The Hall–Kier alpha value is -1.26. The molecule has 1 atom stereocenters. The van der Waals surface area contributed by atoms with Gasteiger partial charge in [0.25, 0.3) is 0 Å². The fourth-order valence-electron chi connectivity index (χ4n) is 1.73. The molecule has 0 spiro atoms. The normalized spacial score (nSPS) is 12.7. The van der Waals surface area contributed by atoms with E-state index in [1.165, 1.54) is 23.3 Å². The summed E-state index contributed by atoms with van der Waals surface area (Å²) in [5.74, 6) is -1.60. The number of halogens is 2. The molecule has 4 heteroatoms. The maximum atomic E-state index is 13.1. The average molecular weight is 267 g/mol. The fraction of sp³-hybridized carbons (Fsp3) is 0.286. The monoisotopic (exact) mass is 267 g/mol. The van der Waals surface area contributed by atoms with E-state index in [0.717, 1.165) is 12.1 Å². The molecule has 1 nitrogen and oxygen atoms in total.